The topological polar surface area (TPSA) is 18.5 Å². The maximum absolute atomic E-state index is 6.02. The molecule has 0 radical (unpaired) electrons. The fourth-order valence-corrected chi connectivity index (χ4v) is 2.70. The Morgan fingerprint density at radius 3 is 2.58 bits per heavy atom. The second-order valence-corrected chi connectivity index (χ2v) is 5.66. The van der Waals surface area contributed by atoms with Crippen LogP contribution in [0.25, 0.3) is 0 Å². The molecule has 0 bridgehead atoms. The van der Waals surface area contributed by atoms with Crippen molar-refractivity contribution in [3.63, 3.8) is 0 Å². The molecule has 104 valence electrons. The SMILES string of the molecule is C=CC[C@H]1C[C@H](CCc2ccccc2)OC(C)(C)O1. The van der Waals surface area contributed by atoms with E-state index >= 15 is 0 Å². The third-order valence-electron chi connectivity index (χ3n) is 3.45. The van der Waals surface area contributed by atoms with Crippen LogP contribution in [0.1, 0.15) is 38.7 Å². The van der Waals surface area contributed by atoms with E-state index in [-0.39, 0.29) is 12.2 Å². The van der Waals surface area contributed by atoms with E-state index in [9.17, 15) is 0 Å². The summed E-state index contributed by atoms with van der Waals surface area (Å²) in [4.78, 5) is 0. The van der Waals surface area contributed by atoms with Gasteiger partial charge in [-0.25, -0.2) is 0 Å². The summed E-state index contributed by atoms with van der Waals surface area (Å²) >= 11 is 0. The molecule has 2 atom stereocenters. The van der Waals surface area contributed by atoms with Crippen LogP contribution < -0.4 is 0 Å². The fraction of sp³-hybridized carbons (Fsp3) is 0.529. The molecule has 0 spiro atoms. The molecule has 0 amide bonds. The first-order valence-electron chi connectivity index (χ1n) is 7.09. The van der Waals surface area contributed by atoms with Gasteiger partial charge in [0.15, 0.2) is 5.79 Å². The predicted molar refractivity (Wildman–Crippen MR) is 78.0 cm³/mol. The van der Waals surface area contributed by atoms with Crippen LogP contribution in [0.3, 0.4) is 0 Å². The molecule has 0 aliphatic carbocycles. The maximum atomic E-state index is 6.02. The predicted octanol–water partition coefficient (Wildman–Crippen LogP) is 4.11. The third kappa shape index (κ3) is 4.48. The molecular weight excluding hydrogens is 236 g/mol. The van der Waals surface area contributed by atoms with Crippen LogP contribution in [0.15, 0.2) is 43.0 Å². The van der Waals surface area contributed by atoms with Crippen molar-refractivity contribution in [3.8, 4) is 0 Å². The lowest BCUT2D eigenvalue weighted by Crippen LogP contribution is -2.44. The minimum atomic E-state index is -0.479. The second kappa shape index (κ2) is 6.36. The Morgan fingerprint density at radius 1 is 1.21 bits per heavy atom. The number of hydrogen-bond donors (Lipinski definition) is 0. The number of aryl methyl sites for hydroxylation is 1. The van der Waals surface area contributed by atoms with Crippen molar-refractivity contribution in [2.24, 2.45) is 0 Å². The quantitative estimate of drug-likeness (QED) is 0.742. The Hall–Kier alpha value is -1.12. The number of benzene rings is 1. The van der Waals surface area contributed by atoms with Gasteiger partial charge in [-0.1, -0.05) is 36.4 Å². The highest BCUT2D eigenvalue weighted by molar-refractivity contribution is 5.14. The molecule has 2 heteroatoms. The monoisotopic (exact) mass is 260 g/mol. The van der Waals surface area contributed by atoms with Crippen LogP contribution in [0.2, 0.25) is 0 Å². The Labute approximate surface area is 116 Å². The zero-order chi connectivity index (χ0) is 13.7. The van der Waals surface area contributed by atoms with Crippen LogP contribution in [-0.2, 0) is 15.9 Å². The van der Waals surface area contributed by atoms with Crippen molar-refractivity contribution in [1.29, 1.82) is 0 Å². The molecule has 0 aromatic heterocycles. The number of hydrogen-bond acceptors (Lipinski definition) is 2. The summed E-state index contributed by atoms with van der Waals surface area (Å²) in [6.07, 6.45) is 6.40. The molecule has 1 saturated heterocycles. The van der Waals surface area contributed by atoms with Gasteiger partial charge < -0.3 is 9.47 Å². The van der Waals surface area contributed by atoms with E-state index in [1.54, 1.807) is 0 Å². The highest BCUT2D eigenvalue weighted by atomic mass is 16.7. The summed E-state index contributed by atoms with van der Waals surface area (Å²) in [7, 11) is 0. The standard InChI is InChI=1S/C17H24O2/c1-4-8-15-13-16(19-17(2,3)18-15)12-11-14-9-6-5-7-10-14/h4-7,9-10,15-16H,1,8,11-13H2,2-3H3/t15-,16-/m0/s1. The van der Waals surface area contributed by atoms with E-state index in [1.807, 2.05) is 19.9 Å². The first-order chi connectivity index (χ1) is 9.09. The lowest BCUT2D eigenvalue weighted by Gasteiger charge is -2.40. The van der Waals surface area contributed by atoms with Crippen LogP contribution in [0, 0.1) is 0 Å². The highest BCUT2D eigenvalue weighted by Crippen LogP contribution is 2.30. The van der Waals surface area contributed by atoms with Crippen molar-refractivity contribution >= 4 is 0 Å². The lowest BCUT2D eigenvalue weighted by atomic mass is 9.99. The normalized spacial score (nSPS) is 26.0. The van der Waals surface area contributed by atoms with Gasteiger partial charge in [-0.15, -0.1) is 6.58 Å². The number of rotatable bonds is 5. The third-order valence-corrected chi connectivity index (χ3v) is 3.45. The fourth-order valence-electron chi connectivity index (χ4n) is 2.70. The van der Waals surface area contributed by atoms with E-state index in [0.717, 1.165) is 25.7 Å². The van der Waals surface area contributed by atoms with Gasteiger partial charge >= 0.3 is 0 Å². The lowest BCUT2D eigenvalue weighted by molar-refractivity contribution is -0.299. The van der Waals surface area contributed by atoms with Gasteiger partial charge in [-0.3, -0.25) is 0 Å². The molecule has 1 aliphatic heterocycles. The van der Waals surface area contributed by atoms with E-state index in [2.05, 4.69) is 36.9 Å². The Bertz CT molecular complexity index is 397. The van der Waals surface area contributed by atoms with Crippen molar-refractivity contribution in [1.82, 2.24) is 0 Å². The van der Waals surface area contributed by atoms with Crippen LogP contribution in [0.5, 0.6) is 0 Å². The maximum Gasteiger partial charge on any atom is 0.163 e. The van der Waals surface area contributed by atoms with Crippen LogP contribution in [-0.4, -0.2) is 18.0 Å². The summed E-state index contributed by atoms with van der Waals surface area (Å²) in [5, 5.41) is 0. The molecule has 1 heterocycles. The van der Waals surface area contributed by atoms with Crippen LogP contribution >= 0.6 is 0 Å². The van der Waals surface area contributed by atoms with Gasteiger partial charge in [-0.05, 0) is 38.7 Å². The summed E-state index contributed by atoms with van der Waals surface area (Å²) in [5.41, 5.74) is 1.37. The summed E-state index contributed by atoms with van der Waals surface area (Å²) in [6, 6.07) is 10.6. The van der Waals surface area contributed by atoms with Gasteiger partial charge in [0.1, 0.15) is 0 Å². The van der Waals surface area contributed by atoms with Crippen molar-refractivity contribution in [2.45, 2.75) is 57.5 Å². The van der Waals surface area contributed by atoms with Crippen molar-refractivity contribution < 1.29 is 9.47 Å². The molecule has 0 N–H and O–H groups in total. The van der Waals surface area contributed by atoms with E-state index in [1.165, 1.54) is 5.56 Å². The Balaban J connectivity index is 1.90. The highest BCUT2D eigenvalue weighted by Gasteiger charge is 2.34. The number of ether oxygens (including phenoxy) is 2. The average Bonchev–Trinajstić information content (AvgIpc) is 2.36. The largest absolute Gasteiger partial charge is 0.347 e. The molecule has 19 heavy (non-hydrogen) atoms. The van der Waals surface area contributed by atoms with E-state index < -0.39 is 5.79 Å². The van der Waals surface area contributed by atoms with Gasteiger partial charge in [0.25, 0.3) is 0 Å². The molecule has 2 rings (SSSR count). The molecule has 1 aromatic carbocycles. The van der Waals surface area contributed by atoms with Crippen LogP contribution in [0.4, 0.5) is 0 Å². The average molecular weight is 260 g/mol. The molecule has 0 saturated carbocycles. The second-order valence-electron chi connectivity index (χ2n) is 5.66. The minimum absolute atomic E-state index is 0.238. The van der Waals surface area contributed by atoms with Crippen molar-refractivity contribution in [3.05, 3.63) is 48.6 Å². The Morgan fingerprint density at radius 2 is 1.89 bits per heavy atom. The first-order valence-corrected chi connectivity index (χ1v) is 7.09. The zero-order valence-electron chi connectivity index (χ0n) is 12.0. The molecule has 1 aliphatic rings. The van der Waals surface area contributed by atoms with Gasteiger partial charge in [0.2, 0.25) is 0 Å². The van der Waals surface area contributed by atoms with Gasteiger partial charge in [0.05, 0.1) is 12.2 Å². The summed E-state index contributed by atoms with van der Waals surface area (Å²) < 4.78 is 11.9. The smallest absolute Gasteiger partial charge is 0.163 e. The van der Waals surface area contributed by atoms with Gasteiger partial charge in [0, 0.05) is 6.42 Å². The van der Waals surface area contributed by atoms with Gasteiger partial charge in [-0.2, -0.15) is 0 Å². The summed E-state index contributed by atoms with van der Waals surface area (Å²) in [5.74, 6) is -0.479. The molecule has 2 nitrogen and oxygen atoms in total. The zero-order valence-corrected chi connectivity index (χ0v) is 12.0. The minimum Gasteiger partial charge on any atom is -0.347 e. The Kier molecular flexibility index (Phi) is 4.78. The van der Waals surface area contributed by atoms with Crippen molar-refractivity contribution in [2.75, 3.05) is 0 Å². The first kappa shape index (κ1) is 14.3. The molecule has 1 fully saturated rings. The van der Waals surface area contributed by atoms with E-state index in [4.69, 9.17) is 9.47 Å². The van der Waals surface area contributed by atoms with E-state index in [0.29, 0.717) is 0 Å². The molecule has 1 aromatic rings. The molecular formula is C17H24O2. The summed E-state index contributed by atoms with van der Waals surface area (Å²) in [6.45, 7) is 7.80. The molecule has 0 unspecified atom stereocenters.